The molecule has 0 radical (unpaired) electrons. The van der Waals surface area contributed by atoms with Crippen molar-refractivity contribution in [3.63, 3.8) is 0 Å². The number of benzene rings is 1. The van der Waals surface area contributed by atoms with Gasteiger partial charge in [0.05, 0.1) is 42.8 Å². The fourth-order valence-electron chi connectivity index (χ4n) is 12.8. The Kier molecular flexibility index (Phi) is 36.0. The average Bonchev–Trinajstić information content (AvgIpc) is 1.56. The lowest BCUT2D eigenvalue weighted by Gasteiger charge is -2.29. The van der Waals surface area contributed by atoms with Crippen molar-refractivity contribution >= 4 is 73.4 Å². The van der Waals surface area contributed by atoms with Crippen molar-refractivity contribution in [1.82, 2.24) is 29.2 Å². The summed E-state index contributed by atoms with van der Waals surface area (Å²) < 4.78 is 81.9. The van der Waals surface area contributed by atoms with Crippen LogP contribution >= 0.6 is 50.8 Å². The number of aromatic nitrogens is 6. The molecule has 5 aromatic rings. The number of ether oxygens (including phenoxy) is 4. The molecular formula is C71H111ClN10O14P2S2. The fraction of sp³-hybridized carbons (Fsp3) is 0.718. The molecular weight excluding hydrogens is 1380 g/mol. The molecule has 0 bridgehead atoms. The molecule has 3 saturated heterocycles. The summed E-state index contributed by atoms with van der Waals surface area (Å²) in [5.74, 6) is 3.32. The molecule has 29 heteroatoms. The summed E-state index contributed by atoms with van der Waals surface area (Å²) in [5.41, 5.74) is 9.66. The van der Waals surface area contributed by atoms with Crippen molar-refractivity contribution in [1.29, 1.82) is 10.5 Å². The van der Waals surface area contributed by atoms with Crippen molar-refractivity contribution in [2.45, 2.75) is 274 Å². The van der Waals surface area contributed by atoms with E-state index in [1.165, 1.54) is 208 Å². The van der Waals surface area contributed by atoms with E-state index in [0.29, 0.717) is 29.6 Å². The number of hydrogen-bond acceptors (Lipinski definition) is 23. The Labute approximate surface area is 605 Å². The minimum atomic E-state index is -4.45. The van der Waals surface area contributed by atoms with Crippen LogP contribution in [0.15, 0.2) is 61.2 Å². The summed E-state index contributed by atoms with van der Waals surface area (Å²) >= 11 is 10.0. The van der Waals surface area contributed by atoms with Gasteiger partial charge in [-0.25, -0.2) is 28.1 Å². The van der Waals surface area contributed by atoms with E-state index in [-0.39, 0.29) is 47.9 Å². The van der Waals surface area contributed by atoms with Crippen molar-refractivity contribution in [3.05, 3.63) is 77.6 Å². The number of aliphatic hydroxyl groups excluding tert-OH is 2. The van der Waals surface area contributed by atoms with Crippen LogP contribution < -0.4 is 16.0 Å². The maximum Gasteiger partial charge on any atom is 0.530 e. The number of aliphatic hydroxyl groups is 2. The number of nitrogens with two attached hydrogens (primary N) is 2. The Balaban J connectivity index is 0.000000287. The van der Waals surface area contributed by atoms with E-state index in [4.69, 9.17) is 64.6 Å². The summed E-state index contributed by atoms with van der Waals surface area (Å²) in [6, 6.07) is 17.4. The van der Waals surface area contributed by atoms with Crippen molar-refractivity contribution in [2.75, 3.05) is 60.9 Å². The second kappa shape index (κ2) is 43.3. The maximum absolute atomic E-state index is 14.2. The average molecular weight is 1490 g/mol. The summed E-state index contributed by atoms with van der Waals surface area (Å²) in [5, 5.41) is 50.7. The minimum absolute atomic E-state index is 0.0373. The molecule has 0 saturated carbocycles. The molecule has 24 nitrogen and oxygen atoms in total. The molecule has 0 spiro atoms. The zero-order valence-electron chi connectivity index (χ0n) is 59.3. The van der Waals surface area contributed by atoms with Gasteiger partial charge in [0, 0.05) is 0 Å². The number of rotatable bonds is 50. The fourth-order valence-corrected chi connectivity index (χ4v) is 16.9. The number of nitriles is 2. The normalized spacial score (nSPS) is 22.9. The van der Waals surface area contributed by atoms with Gasteiger partial charge in [-0.3, -0.25) is 18.1 Å². The first-order valence-electron chi connectivity index (χ1n) is 36.5. The summed E-state index contributed by atoms with van der Waals surface area (Å²) in [4.78, 5) is 18.1. The molecule has 8 rings (SSSR count). The van der Waals surface area contributed by atoms with Crippen LogP contribution in [0.25, 0.3) is 11.0 Å². The highest BCUT2D eigenvalue weighted by Gasteiger charge is 2.66. The van der Waals surface area contributed by atoms with Crippen LogP contribution in [0, 0.1) is 22.7 Å². The van der Waals surface area contributed by atoms with Gasteiger partial charge in [0.2, 0.25) is 11.2 Å². The van der Waals surface area contributed by atoms with E-state index < -0.39 is 75.9 Å². The largest absolute Gasteiger partial charge is 0.530 e. The van der Waals surface area contributed by atoms with E-state index in [9.17, 15) is 34.8 Å². The number of anilines is 2. The van der Waals surface area contributed by atoms with Crippen molar-refractivity contribution < 1.29 is 65.8 Å². The molecule has 3 aliphatic heterocycles. The number of hydrogen-bond donors (Lipinski definition) is 5. The molecule has 100 heavy (non-hydrogen) atoms. The highest BCUT2D eigenvalue weighted by atomic mass is 35.5. The zero-order chi connectivity index (χ0) is 71.7. The van der Waals surface area contributed by atoms with Gasteiger partial charge in [0.25, 0.3) is 0 Å². The summed E-state index contributed by atoms with van der Waals surface area (Å²) in [6.07, 6.45) is 34.2. The van der Waals surface area contributed by atoms with E-state index in [0.717, 1.165) is 23.0 Å². The van der Waals surface area contributed by atoms with Crippen LogP contribution in [0.1, 0.15) is 232 Å². The topological polar surface area (TPSA) is 338 Å². The summed E-state index contributed by atoms with van der Waals surface area (Å²) in [6.45, 7) is 7.36. The van der Waals surface area contributed by atoms with Crippen molar-refractivity contribution in [2.24, 2.45) is 0 Å². The van der Waals surface area contributed by atoms with Crippen LogP contribution in [0.5, 0.6) is 5.75 Å². The third-order valence-corrected chi connectivity index (χ3v) is 23.2. The Hall–Kier alpha value is -4.15. The number of phosphoric ester groups is 2. The van der Waals surface area contributed by atoms with E-state index in [1.54, 1.807) is 68.1 Å². The molecule has 10 atom stereocenters. The molecule has 3 aliphatic rings. The van der Waals surface area contributed by atoms with Gasteiger partial charge in [0.1, 0.15) is 78.2 Å². The Morgan fingerprint density at radius 1 is 0.560 bits per heavy atom. The van der Waals surface area contributed by atoms with E-state index in [2.05, 4.69) is 40.1 Å². The molecule has 7 N–H and O–H groups in total. The number of thioether (sulfide) groups is 2. The van der Waals surface area contributed by atoms with Gasteiger partial charge in [-0.2, -0.15) is 44.2 Å². The summed E-state index contributed by atoms with van der Waals surface area (Å²) in [7, 11) is -8.68. The monoisotopic (exact) mass is 1490 g/mol. The standard InChI is InChI=1S/C40H59ClN5O7PS.C31H52N5O7PS/c1-4-5-6-7-8-9-10-11-12-13-14-15-16-19-26-55-27-20-25-48-54(47,53-33-22-18-17-21-31(33)41)49-28-34-36-37(52-39(2,3)51-36)40(29-42,50-34)35-24-23-32-38(43)44-30-45-46(32)35;1-2-3-4-5-6-7-8-9-10-11-12-13-14-15-20-45-21-16-19-41-44(39,40)42-22-26-28(37)29(38)31(23-32,43-26)27-18-17-25-30(33)34-24-35-36(25)27/h17-18,21-24,30,34,36-37H,4-16,19-20,25-28H2,1-3H3,(H2,43,44,45);17-18,24,26,28-29,37-38H,2-16,19-22H2,1H3,(H,39,40)(H2,33,34,35)/t34-,36-,37-,40+,54?;26-,28-,29-,31+/m11/s1. The Morgan fingerprint density at radius 3 is 1.47 bits per heavy atom. The maximum atomic E-state index is 14.2. The van der Waals surface area contributed by atoms with Crippen LogP contribution in [0.3, 0.4) is 0 Å². The van der Waals surface area contributed by atoms with Gasteiger partial charge >= 0.3 is 15.6 Å². The second-order valence-electron chi connectivity index (χ2n) is 26.6. The zero-order valence-corrected chi connectivity index (χ0v) is 63.4. The molecule has 0 aliphatic carbocycles. The predicted molar refractivity (Wildman–Crippen MR) is 393 cm³/mol. The lowest BCUT2D eigenvalue weighted by molar-refractivity contribution is -0.204. The van der Waals surface area contributed by atoms with Gasteiger partial charge < -0.3 is 50.0 Å². The van der Waals surface area contributed by atoms with Gasteiger partial charge in [-0.1, -0.05) is 205 Å². The molecule has 0 amide bonds. The molecule has 4 aromatic heterocycles. The van der Waals surface area contributed by atoms with Crippen LogP contribution in [0.2, 0.25) is 5.02 Å². The smallest absolute Gasteiger partial charge is 0.402 e. The first kappa shape index (κ1) is 83.1. The van der Waals surface area contributed by atoms with Crippen LogP contribution in [-0.2, 0) is 57.4 Å². The number of para-hydroxylation sites is 1. The number of unbranched alkanes of at least 4 members (excludes halogenated alkanes) is 26. The number of halogens is 1. The number of phosphoric acid groups is 2. The lowest BCUT2D eigenvalue weighted by atomic mass is 9.92. The van der Waals surface area contributed by atoms with E-state index in [1.807, 2.05) is 17.8 Å². The minimum Gasteiger partial charge on any atom is -0.402 e. The molecule has 558 valence electrons. The molecule has 1 aromatic carbocycles. The lowest BCUT2D eigenvalue weighted by Crippen LogP contribution is -2.41. The molecule has 7 heterocycles. The Bertz CT molecular complexity index is 3390. The molecule has 2 unspecified atom stereocenters. The second-order valence-corrected chi connectivity index (χ2v) is 32.5. The van der Waals surface area contributed by atoms with Gasteiger partial charge in [-0.05, 0) is 98.9 Å². The SMILES string of the molecule is CCCCCCCCCCCCCCCCSCCCOP(=O)(O)OC[C@H]1O[C@@](C#N)(c2ccc3c(N)ncnn23)[C@H](O)[C@@H]1O.CCCCCCCCCCCCCCCCSCCCOP(=O)(OC[C@H]1O[C@@](C#N)(c2ccc3c(N)ncnn23)[C@@H]2OC(C)(C)O[C@@H]21)Oc1ccccc1Cl. The van der Waals surface area contributed by atoms with Crippen molar-refractivity contribution in [3.8, 4) is 17.9 Å². The predicted octanol–water partition coefficient (Wildman–Crippen LogP) is 16.3. The quantitative estimate of drug-likeness (QED) is 0.0178. The number of nitrogen functional groups attached to an aromatic ring is 2. The third kappa shape index (κ3) is 25.0. The highest BCUT2D eigenvalue weighted by molar-refractivity contribution is 7.99. The number of nitrogens with zero attached hydrogens (tertiary/aromatic N) is 8. The third-order valence-electron chi connectivity index (χ3n) is 18.2. The Morgan fingerprint density at radius 2 is 0.990 bits per heavy atom. The van der Waals surface area contributed by atoms with E-state index >= 15 is 0 Å². The van der Waals surface area contributed by atoms with Crippen LogP contribution in [0.4, 0.5) is 11.6 Å². The highest BCUT2D eigenvalue weighted by Crippen LogP contribution is 2.55. The van der Waals surface area contributed by atoms with Gasteiger partial charge in [-0.15, -0.1) is 0 Å². The van der Waals surface area contributed by atoms with Gasteiger partial charge in [0.15, 0.2) is 17.4 Å². The first-order chi connectivity index (χ1) is 48.4. The first-order valence-corrected chi connectivity index (χ1v) is 42.2. The molecule has 3 fully saturated rings. The van der Waals surface area contributed by atoms with Crippen LogP contribution in [-0.4, -0.2) is 136 Å². The number of fused-ring (bicyclic) bond motifs is 3.